The maximum atomic E-state index is 12.2. The molecule has 1 aromatic heterocycles. The summed E-state index contributed by atoms with van der Waals surface area (Å²) in [7, 11) is 0. The minimum absolute atomic E-state index is 0.167. The molecule has 0 fully saturated rings. The van der Waals surface area contributed by atoms with E-state index in [0.717, 1.165) is 17.0 Å². The van der Waals surface area contributed by atoms with E-state index >= 15 is 0 Å². The van der Waals surface area contributed by atoms with Gasteiger partial charge >= 0.3 is 6.09 Å². The number of amides is 2. The molecule has 6 nitrogen and oxygen atoms in total. The van der Waals surface area contributed by atoms with E-state index in [1.807, 2.05) is 45.9 Å². The highest BCUT2D eigenvalue weighted by Crippen LogP contribution is 2.08. The minimum atomic E-state index is -0.530. The summed E-state index contributed by atoms with van der Waals surface area (Å²) in [6.45, 7) is 8.06. The van der Waals surface area contributed by atoms with Crippen molar-refractivity contribution in [2.75, 3.05) is 0 Å². The van der Waals surface area contributed by atoms with Crippen LogP contribution >= 0.6 is 0 Å². The molecule has 2 aromatic rings. The molecule has 0 aliphatic heterocycles. The number of rotatable bonds is 5. The van der Waals surface area contributed by atoms with E-state index < -0.39 is 11.7 Å². The topological polar surface area (TPSA) is 80.3 Å². The van der Waals surface area contributed by atoms with E-state index in [0.29, 0.717) is 18.7 Å². The Hall–Kier alpha value is -2.89. The number of alkyl carbamates (subject to hydrolysis) is 1. The fourth-order valence-corrected chi connectivity index (χ4v) is 2.23. The molecule has 0 unspecified atom stereocenters. The van der Waals surface area contributed by atoms with Crippen molar-refractivity contribution >= 4 is 12.0 Å². The van der Waals surface area contributed by atoms with Crippen molar-refractivity contribution in [1.82, 2.24) is 15.6 Å². The highest BCUT2D eigenvalue weighted by molar-refractivity contribution is 5.94. The number of aromatic nitrogens is 1. The van der Waals surface area contributed by atoms with Gasteiger partial charge in [0.25, 0.3) is 5.91 Å². The Labute approximate surface area is 154 Å². The normalized spacial score (nSPS) is 10.9. The molecule has 1 heterocycles. The highest BCUT2D eigenvalue weighted by atomic mass is 16.6. The molecule has 2 amide bonds. The molecule has 26 heavy (non-hydrogen) atoms. The number of carbonyl (C=O) groups excluding carboxylic acids is 2. The van der Waals surface area contributed by atoms with Gasteiger partial charge in [-0.1, -0.05) is 18.2 Å². The Kier molecular flexibility index (Phi) is 6.33. The first kappa shape index (κ1) is 19.4. The molecule has 0 saturated carbocycles. The van der Waals surface area contributed by atoms with Crippen LogP contribution in [0.15, 0.2) is 42.5 Å². The maximum Gasteiger partial charge on any atom is 0.407 e. The van der Waals surface area contributed by atoms with Crippen LogP contribution in [0.4, 0.5) is 4.79 Å². The van der Waals surface area contributed by atoms with Crippen LogP contribution in [-0.2, 0) is 17.8 Å². The number of carbonyl (C=O) groups is 2. The first-order valence-corrected chi connectivity index (χ1v) is 8.49. The van der Waals surface area contributed by atoms with Crippen molar-refractivity contribution in [3.8, 4) is 0 Å². The van der Waals surface area contributed by atoms with Crippen LogP contribution in [-0.4, -0.2) is 22.6 Å². The maximum absolute atomic E-state index is 12.2. The third kappa shape index (κ3) is 6.55. The second kappa shape index (κ2) is 8.47. The fourth-order valence-electron chi connectivity index (χ4n) is 2.23. The Morgan fingerprint density at radius 2 is 1.69 bits per heavy atom. The van der Waals surface area contributed by atoms with Crippen LogP contribution in [0.25, 0.3) is 0 Å². The SMILES string of the molecule is Cc1cccc(CNC(=O)c2ccc(CNC(=O)OC(C)(C)C)cc2)n1. The summed E-state index contributed by atoms with van der Waals surface area (Å²) in [5.74, 6) is -0.167. The van der Waals surface area contributed by atoms with Gasteiger partial charge in [0.05, 0.1) is 12.2 Å². The number of ether oxygens (including phenoxy) is 1. The second-order valence-electron chi connectivity index (χ2n) is 7.01. The highest BCUT2D eigenvalue weighted by Gasteiger charge is 2.15. The molecule has 0 aliphatic carbocycles. The summed E-state index contributed by atoms with van der Waals surface area (Å²) < 4.78 is 5.18. The van der Waals surface area contributed by atoms with Gasteiger partial charge in [-0.05, 0) is 57.5 Å². The van der Waals surface area contributed by atoms with Crippen molar-refractivity contribution in [2.45, 2.75) is 46.4 Å². The van der Waals surface area contributed by atoms with Crippen LogP contribution < -0.4 is 10.6 Å². The molecule has 2 N–H and O–H groups in total. The van der Waals surface area contributed by atoms with Gasteiger partial charge in [-0.3, -0.25) is 9.78 Å². The Morgan fingerprint density at radius 1 is 1.00 bits per heavy atom. The zero-order valence-electron chi connectivity index (χ0n) is 15.6. The van der Waals surface area contributed by atoms with Gasteiger partial charge in [0.2, 0.25) is 0 Å². The number of nitrogens with zero attached hydrogens (tertiary/aromatic N) is 1. The molecular formula is C20H25N3O3. The van der Waals surface area contributed by atoms with E-state index in [9.17, 15) is 9.59 Å². The summed E-state index contributed by atoms with van der Waals surface area (Å²) in [4.78, 5) is 28.2. The van der Waals surface area contributed by atoms with E-state index in [-0.39, 0.29) is 5.91 Å². The largest absolute Gasteiger partial charge is 0.444 e. The average Bonchev–Trinajstić information content (AvgIpc) is 2.57. The first-order valence-electron chi connectivity index (χ1n) is 8.49. The third-order valence-corrected chi connectivity index (χ3v) is 3.43. The average molecular weight is 355 g/mol. The Morgan fingerprint density at radius 3 is 2.31 bits per heavy atom. The van der Waals surface area contributed by atoms with Gasteiger partial charge in [0.1, 0.15) is 5.60 Å². The van der Waals surface area contributed by atoms with Crippen molar-refractivity contribution in [2.24, 2.45) is 0 Å². The lowest BCUT2D eigenvalue weighted by Gasteiger charge is -2.19. The Balaban J connectivity index is 1.84. The smallest absolute Gasteiger partial charge is 0.407 e. The quantitative estimate of drug-likeness (QED) is 0.862. The lowest BCUT2D eigenvalue weighted by atomic mass is 10.1. The number of nitrogens with one attached hydrogen (secondary N) is 2. The van der Waals surface area contributed by atoms with Gasteiger partial charge in [0, 0.05) is 17.8 Å². The summed E-state index contributed by atoms with van der Waals surface area (Å²) in [6.07, 6.45) is -0.468. The molecule has 1 aromatic carbocycles. The van der Waals surface area contributed by atoms with Crippen molar-refractivity contribution in [3.63, 3.8) is 0 Å². The molecule has 0 radical (unpaired) electrons. The van der Waals surface area contributed by atoms with E-state index in [1.165, 1.54) is 0 Å². The lowest BCUT2D eigenvalue weighted by Crippen LogP contribution is -2.32. The van der Waals surface area contributed by atoms with Crippen LogP contribution in [0.1, 0.15) is 48.1 Å². The summed E-state index contributed by atoms with van der Waals surface area (Å²) in [5, 5.41) is 5.53. The molecular weight excluding hydrogens is 330 g/mol. The molecule has 138 valence electrons. The van der Waals surface area contributed by atoms with Gasteiger partial charge < -0.3 is 15.4 Å². The number of hydrogen-bond acceptors (Lipinski definition) is 4. The predicted molar refractivity (Wildman–Crippen MR) is 99.7 cm³/mol. The number of aryl methyl sites for hydroxylation is 1. The lowest BCUT2D eigenvalue weighted by molar-refractivity contribution is 0.0523. The van der Waals surface area contributed by atoms with Gasteiger partial charge in [-0.2, -0.15) is 0 Å². The van der Waals surface area contributed by atoms with E-state index in [1.54, 1.807) is 24.3 Å². The first-order chi connectivity index (χ1) is 12.2. The number of benzene rings is 1. The van der Waals surface area contributed by atoms with Gasteiger partial charge in [-0.15, -0.1) is 0 Å². The van der Waals surface area contributed by atoms with Gasteiger partial charge in [0.15, 0.2) is 0 Å². The van der Waals surface area contributed by atoms with Crippen LogP contribution in [0.3, 0.4) is 0 Å². The number of pyridine rings is 1. The monoisotopic (exact) mass is 355 g/mol. The zero-order chi connectivity index (χ0) is 19.2. The van der Waals surface area contributed by atoms with Crippen molar-refractivity contribution in [3.05, 3.63) is 65.0 Å². The summed E-state index contributed by atoms with van der Waals surface area (Å²) >= 11 is 0. The molecule has 0 saturated heterocycles. The second-order valence-corrected chi connectivity index (χ2v) is 7.01. The summed E-state index contributed by atoms with van der Waals surface area (Å²) in [6, 6.07) is 12.8. The summed E-state index contributed by atoms with van der Waals surface area (Å²) in [5.41, 5.74) is 2.64. The third-order valence-electron chi connectivity index (χ3n) is 3.43. The van der Waals surface area contributed by atoms with Crippen LogP contribution in [0, 0.1) is 6.92 Å². The zero-order valence-corrected chi connectivity index (χ0v) is 15.6. The minimum Gasteiger partial charge on any atom is -0.444 e. The molecule has 2 rings (SSSR count). The molecule has 0 spiro atoms. The molecule has 0 aliphatic rings. The Bertz CT molecular complexity index is 765. The standard InChI is InChI=1S/C20H25N3O3/c1-14-6-5-7-17(23-14)13-21-18(24)16-10-8-15(9-11-16)12-22-19(25)26-20(2,3)4/h5-11H,12-13H2,1-4H3,(H,21,24)(H,22,25). The van der Waals surface area contributed by atoms with Crippen molar-refractivity contribution in [1.29, 1.82) is 0 Å². The molecule has 6 heteroatoms. The molecule has 0 atom stereocenters. The number of hydrogen-bond donors (Lipinski definition) is 2. The van der Waals surface area contributed by atoms with Gasteiger partial charge in [-0.25, -0.2) is 4.79 Å². The predicted octanol–water partition coefficient (Wildman–Crippen LogP) is 3.34. The van der Waals surface area contributed by atoms with E-state index in [2.05, 4.69) is 15.6 Å². The van der Waals surface area contributed by atoms with E-state index in [4.69, 9.17) is 4.74 Å². The van der Waals surface area contributed by atoms with Crippen LogP contribution in [0.2, 0.25) is 0 Å². The molecule has 0 bridgehead atoms. The van der Waals surface area contributed by atoms with Crippen molar-refractivity contribution < 1.29 is 14.3 Å². The fraction of sp³-hybridized carbons (Fsp3) is 0.350. The van der Waals surface area contributed by atoms with Crippen LogP contribution in [0.5, 0.6) is 0 Å².